The first-order valence-electron chi connectivity index (χ1n) is 7.06. The maximum absolute atomic E-state index is 12.0. The lowest BCUT2D eigenvalue weighted by molar-refractivity contribution is 0.0955. The quantitative estimate of drug-likeness (QED) is 0.713. The SMILES string of the molecule is CCCNc1nc(N)c(C(=O)NCCC2CCOC2)s1. The molecule has 0 radical (unpaired) electrons. The van der Waals surface area contributed by atoms with E-state index in [0.717, 1.165) is 39.0 Å². The van der Waals surface area contributed by atoms with Crippen LogP contribution in [-0.2, 0) is 4.74 Å². The molecule has 1 unspecified atom stereocenters. The minimum atomic E-state index is -0.136. The number of amides is 1. The molecule has 20 heavy (non-hydrogen) atoms. The standard InChI is InChI=1S/C13H22N4O2S/c1-2-5-16-13-17-11(14)10(20-13)12(18)15-6-3-9-4-7-19-8-9/h9H,2-8,14H2,1H3,(H,15,18)(H,16,17). The summed E-state index contributed by atoms with van der Waals surface area (Å²) in [7, 11) is 0. The van der Waals surface area contributed by atoms with Crippen molar-refractivity contribution in [3.8, 4) is 0 Å². The third-order valence-electron chi connectivity index (χ3n) is 3.25. The van der Waals surface area contributed by atoms with Crippen LogP contribution in [0.5, 0.6) is 0 Å². The second-order valence-electron chi connectivity index (χ2n) is 4.93. The molecular weight excluding hydrogens is 276 g/mol. The van der Waals surface area contributed by atoms with Crippen molar-refractivity contribution >= 4 is 28.2 Å². The van der Waals surface area contributed by atoms with Gasteiger partial charge in [-0.1, -0.05) is 18.3 Å². The maximum Gasteiger partial charge on any atom is 0.265 e. The van der Waals surface area contributed by atoms with Gasteiger partial charge >= 0.3 is 0 Å². The number of ether oxygens (including phenoxy) is 1. The predicted octanol–water partition coefficient (Wildman–Crippen LogP) is 1.70. The van der Waals surface area contributed by atoms with Crippen molar-refractivity contribution in [2.24, 2.45) is 5.92 Å². The number of thiazole rings is 1. The highest BCUT2D eigenvalue weighted by Crippen LogP contribution is 2.24. The Kier molecular flexibility index (Phi) is 5.60. The molecule has 0 bridgehead atoms. The Morgan fingerprint density at radius 3 is 3.10 bits per heavy atom. The van der Waals surface area contributed by atoms with Gasteiger partial charge in [0.05, 0.1) is 0 Å². The van der Waals surface area contributed by atoms with Gasteiger partial charge in [-0.3, -0.25) is 4.79 Å². The summed E-state index contributed by atoms with van der Waals surface area (Å²) in [5, 5.41) is 6.75. The first-order chi connectivity index (χ1) is 9.70. The minimum absolute atomic E-state index is 0.136. The molecular formula is C13H22N4O2S. The number of nitrogens with zero attached hydrogens (tertiary/aromatic N) is 1. The average Bonchev–Trinajstić information content (AvgIpc) is 3.06. The highest BCUT2D eigenvalue weighted by atomic mass is 32.1. The summed E-state index contributed by atoms with van der Waals surface area (Å²) in [6, 6.07) is 0. The van der Waals surface area contributed by atoms with Crippen molar-refractivity contribution in [1.29, 1.82) is 0 Å². The van der Waals surface area contributed by atoms with Crippen molar-refractivity contribution in [1.82, 2.24) is 10.3 Å². The van der Waals surface area contributed by atoms with Crippen molar-refractivity contribution < 1.29 is 9.53 Å². The zero-order valence-corrected chi connectivity index (χ0v) is 12.6. The van der Waals surface area contributed by atoms with Crippen LogP contribution in [0.1, 0.15) is 35.9 Å². The number of hydrogen-bond donors (Lipinski definition) is 3. The van der Waals surface area contributed by atoms with E-state index in [0.29, 0.717) is 28.3 Å². The van der Waals surface area contributed by atoms with Crippen molar-refractivity contribution in [3.05, 3.63) is 4.88 Å². The Balaban J connectivity index is 1.80. The second kappa shape index (κ2) is 7.44. The molecule has 1 aromatic heterocycles. The lowest BCUT2D eigenvalue weighted by Crippen LogP contribution is -2.26. The van der Waals surface area contributed by atoms with Gasteiger partial charge in [-0.15, -0.1) is 0 Å². The maximum atomic E-state index is 12.0. The van der Waals surface area contributed by atoms with Crippen LogP contribution in [0.25, 0.3) is 0 Å². The van der Waals surface area contributed by atoms with Crippen molar-refractivity contribution in [2.75, 3.05) is 37.4 Å². The Hall–Kier alpha value is -1.34. The fourth-order valence-corrected chi connectivity index (χ4v) is 2.91. The largest absolute Gasteiger partial charge is 0.382 e. The zero-order valence-electron chi connectivity index (χ0n) is 11.8. The van der Waals surface area contributed by atoms with E-state index >= 15 is 0 Å². The van der Waals surface area contributed by atoms with Gasteiger partial charge in [0.15, 0.2) is 5.13 Å². The van der Waals surface area contributed by atoms with E-state index < -0.39 is 0 Å². The van der Waals surface area contributed by atoms with E-state index in [1.54, 1.807) is 0 Å². The highest BCUT2D eigenvalue weighted by molar-refractivity contribution is 7.18. The number of nitrogen functional groups attached to an aromatic ring is 1. The van der Waals surface area contributed by atoms with Crippen LogP contribution in [0.3, 0.4) is 0 Å². The molecule has 1 aliphatic heterocycles. The summed E-state index contributed by atoms with van der Waals surface area (Å²) in [6.07, 6.45) is 3.04. The number of rotatable bonds is 7. The molecule has 1 aromatic rings. The van der Waals surface area contributed by atoms with Crippen molar-refractivity contribution in [3.63, 3.8) is 0 Å². The summed E-state index contributed by atoms with van der Waals surface area (Å²) in [6.45, 7) is 5.21. The fraction of sp³-hybridized carbons (Fsp3) is 0.692. The highest BCUT2D eigenvalue weighted by Gasteiger charge is 2.18. The predicted molar refractivity (Wildman–Crippen MR) is 81.2 cm³/mol. The second-order valence-corrected chi connectivity index (χ2v) is 5.93. The van der Waals surface area contributed by atoms with Crippen molar-refractivity contribution in [2.45, 2.75) is 26.2 Å². The smallest absolute Gasteiger partial charge is 0.265 e. The monoisotopic (exact) mass is 298 g/mol. The van der Waals surface area contributed by atoms with Gasteiger partial charge in [0.25, 0.3) is 5.91 Å². The van der Waals surface area contributed by atoms with Gasteiger partial charge < -0.3 is 21.1 Å². The molecule has 0 aromatic carbocycles. The number of aromatic nitrogens is 1. The number of nitrogens with one attached hydrogen (secondary N) is 2. The summed E-state index contributed by atoms with van der Waals surface area (Å²) in [4.78, 5) is 16.7. The summed E-state index contributed by atoms with van der Waals surface area (Å²) in [5.74, 6) is 0.731. The number of carbonyl (C=O) groups is 1. The molecule has 1 atom stereocenters. The van der Waals surface area contributed by atoms with Gasteiger partial charge in [0.2, 0.25) is 0 Å². The first-order valence-corrected chi connectivity index (χ1v) is 7.88. The normalized spacial score (nSPS) is 18.1. The zero-order chi connectivity index (χ0) is 14.4. The van der Waals surface area contributed by atoms with E-state index in [1.165, 1.54) is 11.3 Å². The van der Waals surface area contributed by atoms with Crippen LogP contribution in [0, 0.1) is 5.92 Å². The summed E-state index contributed by atoms with van der Waals surface area (Å²) >= 11 is 1.31. The molecule has 4 N–H and O–H groups in total. The van der Waals surface area contributed by atoms with Crippen LogP contribution in [-0.4, -0.2) is 37.2 Å². The molecule has 7 heteroatoms. The average molecular weight is 298 g/mol. The molecule has 1 saturated heterocycles. The van der Waals surface area contributed by atoms with Gasteiger partial charge in [-0.2, -0.15) is 0 Å². The van der Waals surface area contributed by atoms with E-state index in [4.69, 9.17) is 10.5 Å². The van der Waals surface area contributed by atoms with Gasteiger partial charge in [-0.25, -0.2) is 4.98 Å². The Labute approximate surface area is 123 Å². The van der Waals surface area contributed by atoms with Gasteiger partial charge in [0.1, 0.15) is 10.7 Å². The molecule has 0 aliphatic carbocycles. The molecule has 0 spiro atoms. The lowest BCUT2D eigenvalue weighted by Gasteiger charge is -2.07. The first kappa shape index (κ1) is 15.1. The number of nitrogens with two attached hydrogens (primary N) is 1. The summed E-state index contributed by atoms with van der Waals surface area (Å²) < 4.78 is 5.31. The Morgan fingerprint density at radius 2 is 2.40 bits per heavy atom. The van der Waals surface area contributed by atoms with E-state index in [1.807, 2.05) is 0 Å². The van der Waals surface area contributed by atoms with Crippen LogP contribution in [0.2, 0.25) is 0 Å². The molecule has 2 rings (SSSR count). The summed E-state index contributed by atoms with van der Waals surface area (Å²) in [5.41, 5.74) is 5.79. The number of hydrogen-bond acceptors (Lipinski definition) is 6. The van der Waals surface area contributed by atoms with Gasteiger partial charge in [0, 0.05) is 26.3 Å². The Bertz CT molecular complexity index is 444. The lowest BCUT2D eigenvalue weighted by atomic mass is 10.1. The third kappa shape index (κ3) is 4.08. The molecule has 0 saturated carbocycles. The minimum Gasteiger partial charge on any atom is -0.382 e. The molecule has 2 heterocycles. The molecule has 1 fully saturated rings. The van der Waals surface area contributed by atoms with E-state index in [9.17, 15) is 4.79 Å². The molecule has 112 valence electrons. The number of carbonyl (C=O) groups excluding carboxylic acids is 1. The molecule has 1 amide bonds. The number of anilines is 2. The van der Waals surface area contributed by atoms with E-state index in [2.05, 4.69) is 22.5 Å². The molecule has 1 aliphatic rings. The third-order valence-corrected chi connectivity index (χ3v) is 4.28. The fourth-order valence-electron chi connectivity index (χ4n) is 2.08. The van der Waals surface area contributed by atoms with Crippen LogP contribution in [0.15, 0.2) is 0 Å². The Morgan fingerprint density at radius 1 is 1.55 bits per heavy atom. The van der Waals surface area contributed by atoms with Crippen LogP contribution >= 0.6 is 11.3 Å². The van der Waals surface area contributed by atoms with E-state index in [-0.39, 0.29) is 5.91 Å². The van der Waals surface area contributed by atoms with Crippen LogP contribution < -0.4 is 16.4 Å². The topological polar surface area (TPSA) is 89.3 Å². The van der Waals surface area contributed by atoms with Crippen LogP contribution in [0.4, 0.5) is 10.9 Å². The molecule has 6 nitrogen and oxygen atoms in total. The van der Waals surface area contributed by atoms with Gasteiger partial charge in [-0.05, 0) is 25.2 Å².